The normalized spacial score (nSPS) is 11.4. The molecule has 0 aliphatic rings. The highest BCUT2D eigenvalue weighted by Crippen LogP contribution is 2.30. The van der Waals surface area contributed by atoms with Crippen LogP contribution in [0.15, 0.2) is 52.9 Å². The molecule has 0 amide bonds. The van der Waals surface area contributed by atoms with Crippen molar-refractivity contribution in [2.75, 3.05) is 7.11 Å². The van der Waals surface area contributed by atoms with E-state index in [0.717, 1.165) is 33.0 Å². The molecule has 2 aromatic carbocycles. The van der Waals surface area contributed by atoms with Gasteiger partial charge in [0.25, 0.3) is 0 Å². The molecule has 0 saturated heterocycles. The molecule has 0 atom stereocenters. The van der Waals surface area contributed by atoms with Crippen molar-refractivity contribution in [3.63, 3.8) is 0 Å². The van der Waals surface area contributed by atoms with Gasteiger partial charge in [-0.3, -0.25) is 0 Å². The Bertz CT molecular complexity index is 908. The molecule has 3 heteroatoms. The van der Waals surface area contributed by atoms with Crippen molar-refractivity contribution in [2.24, 2.45) is 0 Å². The maximum Gasteiger partial charge on any atom is 0.227 e. The van der Waals surface area contributed by atoms with Crippen LogP contribution in [0.1, 0.15) is 0 Å². The Labute approximate surface area is 109 Å². The van der Waals surface area contributed by atoms with Crippen molar-refractivity contribution >= 4 is 33.0 Å². The van der Waals surface area contributed by atoms with E-state index in [4.69, 9.17) is 9.15 Å². The van der Waals surface area contributed by atoms with Crippen molar-refractivity contribution in [1.29, 1.82) is 0 Å². The first-order valence-corrected chi connectivity index (χ1v) is 6.11. The van der Waals surface area contributed by atoms with Gasteiger partial charge in [-0.25, -0.2) is 4.98 Å². The number of hydrogen-bond acceptors (Lipinski definition) is 3. The summed E-state index contributed by atoms with van der Waals surface area (Å²) in [4.78, 5) is 4.57. The van der Waals surface area contributed by atoms with Crippen molar-refractivity contribution < 1.29 is 9.15 Å². The summed E-state index contributed by atoms with van der Waals surface area (Å²) < 4.78 is 11.0. The lowest BCUT2D eigenvalue weighted by molar-refractivity contribution is 0.415. The lowest BCUT2D eigenvalue weighted by Crippen LogP contribution is -1.84. The third-order valence-corrected chi connectivity index (χ3v) is 3.37. The maximum absolute atomic E-state index is 5.77. The van der Waals surface area contributed by atoms with E-state index < -0.39 is 0 Å². The van der Waals surface area contributed by atoms with Crippen LogP contribution in [0.3, 0.4) is 0 Å². The first-order valence-electron chi connectivity index (χ1n) is 6.11. The fraction of sp³-hybridized carbons (Fsp3) is 0.0625. The first kappa shape index (κ1) is 10.4. The number of hydrogen-bond donors (Lipinski definition) is 0. The molecule has 0 N–H and O–H groups in total. The lowest BCUT2D eigenvalue weighted by Gasteiger charge is -2.01. The number of benzene rings is 2. The largest absolute Gasteiger partial charge is 0.497 e. The Morgan fingerprint density at radius 3 is 2.79 bits per heavy atom. The third kappa shape index (κ3) is 1.48. The lowest BCUT2D eigenvalue weighted by atomic mass is 10.1. The smallest absolute Gasteiger partial charge is 0.227 e. The zero-order valence-electron chi connectivity index (χ0n) is 10.4. The number of nitrogens with zero attached hydrogens (tertiary/aromatic N) is 1. The molecule has 3 nitrogen and oxygen atoms in total. The van der Waals surface area contributed by atoms with Crippen LogP contribution in [-0.4, -0.2) is 12.1 Å². The average molecular weight is 249 g/mol. The number of pyridine rings is 1. The predicted molar refractivity (Wildman–Crippen MR) is 75.6 cm³/mol. The van der Waals surface area contributed by atoms with E-state index in [1.54, 1.807) is 7.11 Å². The van der Waals surface area contributed by atoms with Gasteiger partial charge in [-0.05, 0) is 30.3 Å². The molecule has 2 aromatic heterocycles. The van der Waals surface area contributed by atoms with Gasteiger partial charge in [-0.15, -0.1) is 0 Å². The standard InChI is InChI=1S/C16H11NO2/c1-18-11-6-7-14-10(8-11)9-13-12-4-2-3-5-15(12)19-16(13)17-14/h2-9H,1H3. The number of para-hydroxylation sites is 1. The van der Waals surface area contributed by atoms with Crippen molar-refractivity contribution in [3.8, 4) is 5.75 Å². The van der Waals surface area contributed by atoms with Crippen LogP contribution in [0.4, 0.5) is 0 Å². The highest BCUT2D eigenvalue weighted by atomic mass is 16.5. The summed E-state index contributed by atoms with van der Waals surface area (Å²) in [6, 6.07) is 15.9. The van der Waals surface area contributed by atoms with Gasteiger partial charge in [0.1, 0.15) is 11.3 Å². The number of fused-ring (bicyclic) bond motifs is 4. The van der Waals surface area contributed by atoms with Gasteiger partial charge < -0.3 is 9.15 Å². The second-order valence-electron chi connectivity index (χ2n) is 4.50. The molecule has 4 aromatic rings. The maximum atomic E-state index is 5.77. The molecule has 0 saturated carbocycles. The second kappa shape index (κ2) is 3.72. The quantitative estimate of drug-likeness (QED) is 0.508. The Hall–Kier alpha value is -2.55. The summed E-state index contributed by atoms with van der Waals surface area (Å²) in [5, 5.41) is 3.18. The van der Waals surface area contributed by atoms with E-state index in [0.29, 0.717) is 5.71 Å². The van der Waals surface area contributed by atoms with Crippen LogP contribution in [0, 0.1) is 0 Å². The topological polar surface area (TPSA) is 35.3 Å². The molecule has 0 radical (unpaired) electrons. The second-order valence-corrected chi connectivity index (χ2v) is 4.50. The summed E-state index contributed by atoms with van der Waals surface area (Å²) in [5.41, 5.74) is 2.46. The Balaban J connectivity index is 2.16. The molecule has 2 heterocycles. The van der Waals surface area contributed by atoms with Crippen molar-refractivity contribution in [3.05, 3.63) is 48.5 Å². The molecule has 0 aliphatic heterocycles. The SMILES string of the molecule is COc1ccc2nc3oc4ccccc4c3cc2c1. The summed E-state index contributed by atoms with van der Waals surface area (Å²) >= 11 is 0. The predicted octanol–water partition coefficient (Wildman–Crippen LogP) is 4.14. The Kier molecular flexibility index (Phi) is 2.03. The minimum Gasteiger partial charge on any atom is -0.497 e. The van der Waals surface area contributed by atoms with E-state index in [-0.39, 0.29) is 0 Å². The van der Waals surface area contributed by atoms with E-state index in [1.807, 2.05) is 36.4 Å². The van der Waals surface area contributed by atoms with E-state index in [2.05, 4.69) is 17.1 Å². The van der Waals surface area contributed by atoms with Gasteiger partial charge in [0.15, 0.2) is 0 Å². The fourth-order valence-corrected chi connectivity index (χ4v) is 2.42. The van der Waals surface area contributed by atoms with Crippen LogP contribution in [0.25, 0.3) is 33.0 Å². The molecule has 0 fully saturated rings. The summed E-state index contributed by atoms with van der Waals surface area (Å²) in [5.74, 6) is 0.835. The molecule has 92 valence electrons. The van der Waals surface area contributed by atoms with Crippen LogP contribution < -0.4 is 4.74 Å². The number of furan rings is 1. The minimum absolute atomic E-state index is 0.680. The van der Waals surface area contributed by atoms with Crippen LogP contribution in [0.5, 0.6) is 5.75 Å². The number of methoxy groups -OCH3 is 1. The zero-order valence-corrected chi connectivity index (χ0v) is 10.4. The van der Waals surface area contributed by atoms with Gasteiger partial charge in [-0.1, -0.05) is 18.2 Å². The number of aromatic nitrogens is 1. The van der Waals surface area contributed by atoms with Gasteiger partial charge in [0, 0.05) is 16.2 Å². The molecule has 0 bridgehead atoms. The summed E-state index contributed by atoms with van der Waals surface area (Å²) in [7, 11) is 1.67. The molecular formula is C16H11NO2. The van der Waals surface area contributed by atoms with E-state index >= 15 is 0 Å². The summed E-state index contributed by atoms with van der Waals surface area (Å²) in [6.45, 7) is 0. The molecule has 19 heavy (non-hydrogen) atoms. The fourth-order valence-electron chi connectivity index (χ4n) is 2.42. The van der Waals surface area contributed by atoms with Gasteiger partial charge in [0.2, 0.25) is 5.71 Å². The number of rotatable bonds is 1. The van der Waals surface area contributed by atoms with E-state index in [9.17, 15) is 0 Å². The third-order valence-electron chi connectivity index (χ3n) is 3.37. The van der Waals surface area contributed by atoms with Crippen molar-refractivity contribution in [2.45, 2.75) is 0 Å². The van der Waals surface area contributed by atoms with Gasteiger partial charge in [-0.2, -0.15) is 0 Å². The molecule has 0 spiro atoms. The van der Waals surface area contributed by atoms with Crippen LogP contribution in [0.2, 0.25) is 0 Å². The molecule has 0 aliphatic carbocycles. The zero-order chi connectivity index (χ0) is 12.8. The Morgan fingerprint density at radius 1 is 1.00 bits per heavy atom. The first-order chi connectivity index (χ1) is 9.35. The van der Waals surface area contributed by atoms with Gasteiger partial charge in [0.05, 0.1) is 12.6 Å². The molecular weight excluding hydrogens is 238 g/mol. The number of ether oxygens (including phenoxy) is 1. The summed E-state index contributed by atoms with van der Waals surface area (Å²) in [6.07, 6.45) is 0. The molecule has 4 rings (SSSR count). The van der Waals surface area contributed by atoms with E-state index in [1.165, 1.54) is 0 Å². The van der Waals surface area contributed by atoms with Crippen LogP contribution in [-0.2, 0) is 0 Å². The highest BCUT2D eigenvalue weighted by molar-refractivity contribution is 6.07. The Morgan fingerprint density at radius 2 is 1.89 bits per heavy atom. The molecule has 0 unspecified atom stereocenters. The van der Waals surface area contributed by atoms with Gasteiger partial charge >= 0.3 is 0 Å². The minimum atomic E-state index is 0.680. The van der Waals surface area contributed by atoms with Crippen LogP contribution >= 0.6 is 0 Å². The average Bonchev–Trinajstić information content (AvgIpc) is 2.82. The highest BCUT2D eigenvalue weighted by Gasteiger charge is 2.09. The van der Waals surface area contributed by atoms with Crippen molar-refractivity contribution in [1.82, 2.24) is 4.98 Å². The monoisotopic (exact) mass is 249 g/mol.